The summed E-state index contributed by atoms with van der Waals surface area (Å²) in [5.74, 6) is 2.69. The zero-order chi connectivity index (χ0) is 19.1. The third-order valence-electron chi connectivity index (χ3n) is 7.22. The van der Waals surface area contributed by atoms with Crippen molar-refractivity contribution >= 4 is 5.97 Å². The van der Waals surface area contributed by atoms with Crippen molar-refractivity contribution in [2.24, 2.45) is 17.8 Å². The molecular weight excluding hydrogens is 332 g/mol. The summed E-state index contributed by atoms with van der Waals surface area (Å²) in [7, 11) is 1.50. The minimum absolute atomic E-state index is 0.0208. The Balaban J connectivity index is 1.41. The van der Waals surface area contributed by atoms with E-state index in [-0.39, 0.29) is 11.9 Å². The van der Waals surface area contributed by atoms with Crippen LogP contribution in [0.15, 0.2) is 24.3 Å². The van der Waals surface area contributed by atoms with Gasteiger partial charge in [-0.2, -0.15) is 0 Å². The number of carbonyl (C=O) groups is 1. The molecule has 1 aromatic carbocycles. The molecular formula is C25H38O2. The van der Waals surface area contributed by atoms with Crippen LogP contribution in [0, 0.1) is 17.8 Å². The van der Waals surface area contributed by atoms with Gasteiger partial charge in [-0.15, -0.1) is 0 Å². The van der Waals surface area contributed by atoms with Gasteiger partial charge in [0.1, 0.15) is 0 Å². The molecule has 0 aliphatic heterocycles. The molecule has 2 aliphatic carbocycles. The van der Waals surface area contributed by atoms with E-state index in [1.807, 2.05) is 0 Å². The van der Waals surface area contributed by atoms with Gasteiger partial charge < -0.3 is 4.74 Å². The maximum absolute atomic E-state index is 11.7. The lowest BCUT2D eigenvalue weighted by molar-refractivity contribution is -0.146. The predicted molar refractivity (Wildman–Crippen MR) is 112 cm³/mol. The molecule has 2 heteroatoms. The normalized spacial score (nSPS) is 28.7. The van der Waals surface area contributed by atoms with Gasteiger partial charge in [0.05, 0.1) is 13.0 Å². The maximum Gasteiger partial charge on any atom is 0.308 e. The Morgan fingerprint density at radius 1 is 0.889 bits per heavy atom. The van der Waals surface area contributed by atoms with Crippen LogP contribution in [0.3, 0.4) is 0 Å². The molecule has 150 valence electrons. The van der Waals surface area contributed by atoms with E-state index >= 15 is 0 Å². The Kier molecular flexibility index (Phi) is 7.79. The number of hydrogen-bond acceptors (Lipinski definition) is 2. The van der Waals surface area contributed by atoms with Crippen LogP contribution in [-0.4, -0.2) is 13.1 Å². The van der Waals surface area contributed by atoms with E-state index in [2.05, 4.69) is 31.2 Å². The van der Waals surface area contributed by atoms with Gasteiger partial charge in [0.15, 0.2) is 0 Å². The van der Waals surface area contributed by atoms with Crippen LogP contribution < -0.4 is 0 Å². The standard InChI is InChI=1S/C25H38O2/c1-3-4-19-5-7-20(8-6-19)9-10-21-11-13-22(14-12-21)23-15-17-24(18-16-23)25(26)27-2/h11-14,19-20,23-24H,3-10,15-18H2,1-2H3. The fourth-order valence-electron chi connectivity index (χ4n) is 5.37. The molecule has 0 spiro atoms. The Labute approximate surface area is 166 Å². The van der Waals surface area contributed by atoms with E-state index in [4.69, 9.17) is 4.74 Å². The first-order valence-corrected chi connectivity index (χ1v) is 11.4. The molecule has 2 saturated carbocycles. The van der Waals surface area contributed by atoms with E-state index < -0.39 is 0 Å². The van der Waals surface area contributed by atoms with Gasteiger partial charge in [-0.3, -0.25) is 4.79 Å². The van der Waals surface area contributed by atoms with Crippen LogP contribution in [0.5, 0.6) is 0 Å². The monoisotopic (exact) mass is 370 g/mol. The number of hydrogen-bond donors (Lipinski definition) is 0. The largest absolute Gasteiger partial charge is 0.469 e. The van der Waals surface area contributed by atoms with E-state index in [1.54, 1.807) is 0 Å². The average molecular weight is 371 g/mol. The van der Waals surface area contributed by atoms with Crippen molar-refractivity contribution in [3.8, 4) is 0 Å². The first kappa shape index (κ1) is 20.4. The lowest BCUT2D eigenvalue weighted by atomic mass is 9.77. The summed E-state index contributed by atoms with van der Waals surface area (Å²) in [5.41, 5.74) is 2.96. The van der Waals surface area contributed by atoms with Crippen molar-refractivity contribution in [3.63, 3.8) is 0 Å². The lowest BCUT2D eigenvalue weighted by Crippen LogP contribution is -2.22. The van der Waals surface area contributed by atoms with Gasteiger partial charge in [-0.25, -0.2) is 0 Å². The Morgan fingerprint density at radius 3 is 2.04 bits per heavy atom. The smallest absolute Gasteiger partial charge is 0.308 e. The number of aryl methyl sites for hydroxylation is 1. The summed E-state index contributed by atoms with van der Waals surface area (Å²) in [5, 5.41) is 0. The summed E-state index contributed by atoms with van der Waals surface area (Å²) < 4.78 is 4.90. The summed E-state index contributed by atoms with van der Waals surface area (Å²) in [6, 6.07) is 9.39. The minimum Gasteiger partial charge on any atom is -0.469 e. The zero-order valence-corrected chi connectivity index (χ0v) is 17.4. The van der Waals surface area contributed by atoms with E-state index in [0.29, 0.717) is 5.92 Å². The van der Waals surface area contributed by atoms with E-state index in [1.165, 1.54) is 69.6 Å². The highest BCUT2D eigenvalue weighted by Gasteiger charge is 2.27. The van der Waals surface area contributed by atoms with Gasteiger partial charge in [0, 0.05) is 0 Å². The molecule has 2 aliphatic rings. The molecule has 0 saturated heterocycles. The Bertz CT molecular complexity index is 560. The van der Waals surface area contributed by atoms with Crippen LogP contribution in [-0.2, 0) is 16.0 Å². The fourth-order valence-corrected chi connectivity index (χ4v) is 5.37. The second kappa shape index (κ2) is 10.3. The van der Waals surface area contributed by atoms with Gasteiger partial charge >= 0.3 is 5.97 Å². The SMILES string of the molecule is CCCC1CCC(CCc2ccc(C3CCC(C(=O)OC)CC3)cc2)CC1. The number of methoxy groups -OCH3 is 1. The highest BCUT2D eigenvalue weighted by Crippen LogP contribution is 2.37. The highest BCUT2D eigenvalue weighted by molar-refractivity contribution is 5.72. The maximum atomic E-state index is 11.7. The first-order valence-electron chi connectivity index (χ1n) is 11.4. The molecule has 2 fully saturated rings. The minimum atomic E-state index is -0.0208. The van der Waals surface area contributed by atoms with Gasteiger partial charge in [-0.05, 0) is 67.4 Å². The van der Waals surface area contributed by atoms with E-state index in [9.17, 15) is 4.79 Å². The number of benzene rings is 1. The molecule has 0 unspecified atom stereocenters. The number of carbonyl (C=O) groups excluding carboxylic acids is 1. The quantitative estimate of drug-likeness (QED) is 0.501. The Hall–Kier alpha value is -1.31. The molecule has 27 heavy (non-hydrogen) atoms. The van der Waals surface area contributed by atoms with Crippen molar-refractivity contribution in [1.29, 1.82) is 0 Å². The third kappa shape index (κ3) is 5.83. The average Bonchev–Trinajstić information content (AvgIpc) is 2.73. The van der Waals surface area contributed by atoms with Gasteiger partial charge in [-0.1, -0.05) is 69.7 Å². The third-order valence-corrected chi connectivity index (χ3v) is 7.22. The second-order valence-electron chi connectivity index (χ2n) is 9.03. The molecule has 0 bridgehead atoms. The molecule has 0 heterocycles. The summed E-state index contributed by atoms with van der Waals surface area (Å²) in [4.78, 5) is 11.7. The summed E-state index contributed by atoms with van der Waals surface area (Å²) >= 11 is 0. The summed E-state index contributed by atoms with van der Waals surface area (Å²) in [6.07, 6.45) is 15.4. The number of rotatable bonds is 7. The molecule has 0 N–H and O–H groups in total. The van der Waals surface area contributed by atoms with Crippen LogP contribution >= 0.6 is 0 Å². The highest BCUT2D eigenvalue weighted by atomic mass is 16.5. The van der Waals surface area contributed by atoms with Gasteiger partial charge in [0.2, 0.25) is 0 Å². The van der Waals surface area contributed by atoms with Crippen LogP contribution in [0.2, 0.25) is 0 Å². The molecule has 0 amide bonds. The first-order chi connectivity index (χ1) is 13.2. The van der Waals surface area contributed by atoms with Crippen LogP contribution in [0.1, 0.15) is 94.6 Å². The lowest BCUT2D eigenvalue weighted by Gasteiger charge is -2.28. The van der Waals surface area contributed by atoms with Crippen molar-refractivity contribution in [1.82, 2.24) is 0 Å². The van der Waals surface area contributed by atoms with Gasteiger partial charge in [0.25, 0.3) is 0 Å². The molecule has 2 nitrogen and oxygen atoms in total. The Morgan fingerprint density at radius 2 is 1.48 bits per heavy atom. The van der Waals surface area contributed by atoms with Crippen molar-refractivity contribution in [2.75, 3.05) is 7.11 Å². The van der Waals surface area contributed by atoms with Crippen LogP contribution in [0.4, 0.5) is 0 Å². The fraction of sp³-hybridized carbons (Fsp3) is 0.720. The van der Waals surface area contributed by atoms with Crippen molar-refractivity contribution < 1.29 is 9.53 Å². The predicted octanol–water partition coefficient (Wildman–Crippen LogP) is 6.67. The molecule has 0 radical (unpaired) electrons. The van der Waals surface area contributed by atoms with Crippen molar-refractivity contribution in [2.45, 2.75) is 89.9 Å². The molecule has 0 aromatic heterocycles. The van der Waals surface area contributed by atoms with Crippen LogP contribution in [0.25, 0.3) is 0 Å². The summed E-state index contributed by atoms with van der Waals surface area (Å²) in [6.45, 7) is 2.32. The molecule has 3 rings (SSSR count). The van der Waals surface area contributed by atoms with E-state index in [0.717, 1.165) is 37.5 Å². The second-order valence-corrected chi connectivity index (χ2v) is 9.03. The zero-order valence-electron chi connectivity index (χ0n) is 17.4. The molecule has 0 atom stereocenters. The number of ether oxygens (including phenoxy) is 1. The van der Waals surface area contributed by atoms with Crippen molar-refractivity contribution in [3.05, 3.63) is 35.4 Å². The molecule has 1 aromatic rings. The number of esters is 1. The topological polar surface area (TPSA) is 26.3 Å².